The molecule has 0 spiro atoms. The molecule has 68 heavy (non-hydrogen) atoms. The summed E-state index contributed by atoms with van der Waals surface area (Å²) in [6.45, 7) is 2.16. The monoisotopic (exact) mass is 984 g/mol. The van der Waals surface area contributed by atoms with E-state index in [2.05, 4.69) is 209 Å². The van der Waals surface area contributed by atoms with Gasteiger partial charge in [0.05, 0.1) is 27.6 Å². The minimum atomic E-state index is 0. The molecule has 0 aliphatic carbocycles. The van der Waals surface area contributed by atoms with Crippen molar-refractivity contribution in [1.82, 2.24) is 28.7 Å². The Morgan fingerprint density at radius 3 is 1.46 bits per heavy atom. The fourth-order valence-corrected chi connectivity index (χ4v) is 9.95. The maximum absolute atomic E-state index is 5.14. The molecular formula is C60H40N6VY. The Balaban J connectivity index is 0.00000253. The van der Waals surface area contributed by atoms with Crippen molar-refractivity contribution in [3.05, 3.63) is 230 Å². The van der Waals surface area contributed by atoms with Gasteiger partial charge in [-0.15, -0.1) is 0 Å². The largest absolute Gasteiger partial charge is 0.316 e. The molecule has 0 aliphatic rings. The Bertz CT molecular complexity index is 3940. The number of para-hydroxylation sites is 3. The van der Waals surface area contributed by atoms with Crippen LogP contribution in [0.15, 0.2) is 225 Å². The molecule has 0 saturated heterocycles. The number of hydrogen-bond acceptors (Lipinski definition) is 3. The predicted octanol–water partition coefficient (Wildman–Crippen LogP) is 15.0. The molecule has 0 bridgehead atoms. The van der Waals surface area contributed by atoms with Crippen LogP contribution in [0.3, 0.4) is 0 Å². The quantitative estimate of drug-likeness (QED) is 0.160. The minimum absolute atomic E-state index is 0. The molecule has 0 unspecified atom stereocenters. The number of nitrogens with zero attached hydrogens (tertiary/aromatic N) is 6. The van der Waals surface area contributed by atoms with E-state index in [1.807, 2.05) is 36.4 Å². The number of aromatic nitrogens is 6. The SMILES string of the molecule is Cc1cc(-c2nc(-c3ccccc3)nc(-c3ccccc3)n2)cc(-n2c3ccc(-c4ccc5c(c4)c4ccccc4n5-c4ccccc4)cc3c3ccc4c(ccn4-c4ccccc4)c32)c1.[V].[Y]. The number of benzene rings is 9. The standard InChI is InChI=1S/C60H40N6.V.Y/c1-39-34-44(60-62-58(40-16-6-2-7-17-40)61-59(63-60)41-18-8-3-9-19-41)36-47(35-39)66-56-30-27-43(38-52(56)49-28-31-53-50(57(49)66)32-33-64(53)45-20-10-4-11-21-45)42-26-29-55-51(37-42)48-24-14-15-25-54(48)65(55)46-22-12-5-13-23-46;;/h2-38H,1H3;;. The molecular weight excluding hydrogens is 945 g/mol. The van der Waals surface area contributed by atoms with Gasteiger partial charge in [0.25, 0.3) is 0 Å². The molecule has 0 N–H and O–H groups in total. The maximum atomic E-state index is 5.14. The second-order valence-corrected chi connectivity index (χ2v) is 17.0. The van der Waals surface area contributed by atoms with Crippen LogP contribution < -0.4 is 0 Å². The van der Waals surface area contributed by atoms with Crippen molar-refractivity contribution in [2.24, 2.45) is 0 Å². The second-order valence-electron chi connectivity index (χ2n) is 17.0. The Hall–Kier alpha value is -7.18. The minimum Gasteiger partial charge on any atom is -0.316 e. The zero-order valence-corrected chi connectivity index (χ0v) is 41.3. The molecule has 4 heterocycles. The van der Waals surface area contributed by atoms with Crippen LogP contribution in [0.5, 0.6) is 0 Å². The van der Waals surface area contributed by atoms with Gasteiger partial charge in [0.15, 0.2) is 17.5 Å². The van der Waals surface area contributed by atoms with E-state index >= 15 is 0 Å². The average Bonchev–Trinajstić information content (AvgIpc) is 4.07. The summed E-state index contributed by atoms with van der Waals surface area (Å²) in [5, 5.41) is 6.01. The third-order valence-electron chi connectivity index (χ3n) is 12.9. The molecule has 6 nitrogen and oxygen atoms in total. The van der Waals surface area contributed by atoms with Gasteiger partial charge in [-0.2, -0.15) is 0 Å². The zero-order valence-electron chi connectivity index (χ0n) is 37.1. The number of rotatable bonds is 7. The van der Waals surface area contributed by atoms with Gasteiger partial charge in [-0.3, -0.25) is 0 Å². The van der Waals surface area contributed by atoms with Crippen LogP contribution in [-0.2, 0) is 51.3 Å². The van der Waals surface area contributed by atoms with E-state index in [9.17, 15) is 0 Å². The van der Waals surface area contributed by atoms with Gasteiger partial charge in [0.1, 0.15) is 0 Å². The molecule has 13 rings (SSSR count). The first-order chi connectivity index (χ1) is 32.6. The fourth-order valence-electron chi connectivity index (χ4n) is 9.95. The summed E-state index contributed by atoms with van der Waals surface area (Å²) < 4.78 is 7.10. The molecule has 0 atom stereocenters. The third kappa shape index (κ3) is 7.33. The molecule has 0 amide bonds. The summed E-state index contributed by atoms with van der Waals surface area (Å²) in [5.41, 5.74) is 15.4. The first-order valence-corrected chi connectivity index (χ1v) is 22.3. The summed E-state index contributed by atoms with van der Waals surface area (Å²) in [5.74, 6) is 1.90. The number of fused-ring (bicyclic) bond motifs is 8. The van der Waals surface area contributed by atoms with Gasteiger partial charge in [0.2, 0.25) is 0 Å². The van der Waals surface area contributed by atoms with Crippen LogP contribution in [0, 0.1) is 6.92 Å². The van der Waals surface area contributed by atoms with E-state index in [0.29, 0.717) is 17.5 Å². The predicted molar refractivity (Wildman–Crippen MR) is 272 cm³/mol. The van der Waals surface area contributed by atoms with Crippen molar-refractivity contribution < 1.29 is 51.3 Å². The molecule has 0 aliphatic heterocycles. The van der Waals surface area contributed by atoms with Crippen LogP contribution in [0.2, 0.25) is 0 Å². The average molecular weight is 985 g/mol. The van der Waals surface area contributed by atoms with E-state index in [-0.39, 0.29) is 51.3 Å². The summed E-state index contributed by atoms with van der Waals surface area (Å²) in [7, 11) is 0. The van der Waals surface area contributed by atoms with E-state index in [1.54, 1.807) is 0 Å². The van der Waals surface area contributed by atoms with Crippen molar-refractivity contribution in [1.29, 1.82) is 0 Å². The molecule has 13 aromatic rings. The first-order valence-electron chi connectivity index (χ1n) is 22.3. The Labute approximate surface area is 430 Å². The zero-order chi connectivity index (χ0) is 43.7. The molecule has 4 aromatic heterocycles. The molecule has 318 valence electrons. The molecule has 9 aromatic carbocycles. The van der Waals surface area contributed by atoms with Crippen molar-refractivity contribution in [2.75, 3.05) is 0 Å². The Morgan fingerprint density at radius 2 is 0.824 bits per heavy atom. The van der Waals surface area contributed by atoms with Crippen LogP contribution >= 0.6 is 0 Å². The summed E-state index contributed by atoms with van der Waals surface area (Å²) in [6, 6.07) is 77.7. The van der Waals surface area contributed by atoms with Crippen LogP contribution in [0.1, 0.15) is 5.56 Å². The van der Waals surface area contributed by atoms with Crippen molar-refractivity contribution in [2.45, 2.75) is 6.92 Å². The van der Waals surface area contributed by atoms with Crippen molar-refractivity contribution >= 4 is 54.5 Å². The van der Waals surface area contributed by atoms with E-state index in [0.717, 1.165) is 55.9 Å². The van der Waals surface area contributed by atoms with Gasteiger partial charge in [-0.1, -0.05) is 133 Å². The molecule has 8 heteroatoms. The van der Waals surface area contributed by atoms with E-state index in [4.69, 9.17) is 15.0 Å². The smallest absolute Gasteiger partial charge is 0.164 e. The number of hydrogen-bond donors (Lipinski definition) is 0. The Kier molecular flexibility index (Phi) is 11.4. The molecule has 0 fully saturated rings. The normalized spacial score (nSPS) is 11.4. The Morgan fingerprint density at radius 1 is 0.324 bits per heavy atom. The van der Waals surface area contributed by atoms with Gasteiger partial charge >= 0.3 is 0 Å². The van der Waals surface area contributed by atoms with E-state index < -0.39 is 0 Å². The van der Waals surface area contributed by atoms with Crippen LogP contribution in [0.4, 0.5) is 0 Å². The summed E-state index contributed by atoms with van der Waals surface area (Å²) in [6.07, 6.45) is 2.19. The summed E-state index contributed by atoms with van der Waals surface area (Å²) >= 11 is 0. The second kappa shape index (κ2) is 17.8. The van der Waals surface area contributed by atoms with Gasteiger partial charge < -0.3 is 13.7 Å². The maximum Gasteiger partial charge on any atom is 0.164 e. The van der Waals surface area contributed by atoms with Gasteiger partial charge in [-0.05, 0) is 109 Å². The first kappa shape index (κ1) is 43.4. The summed E-state index contributed by atoms with van der Waals surface area (Å²) in [4.78, 5) is 15.3. The number of aryl methyl sites for hydroxylation is 1. The van der Waals surface area contributed by atoms with Gasteiger partial charge in [-0.25, -0.2) is 15.0 Å². The molecule has 0 saturated carbocycles. The van der Waals surface area contributed by atoms with E-state index in [1.165, 1.54) is 49.1 Å². The van der Waals surface area contributed by atoms with Crippen molar-refractivity contribution in [3.8, 4) is 62.4 Å². The topological polar surface area (TPSA) is 53.5 Å². The van der Waals surface area contributed by atoms with Crippen molar-refractivity contribution in [3.63, 3.8) is 0 Å². The van der Waals surface area contributed by atoms with Crippen LogP contribution in [0.25, 0.3) is 117 Å². The fraction of sp³-hybridized carbons (Fsp3) is 0.0167. The molecule has 2 radical (unpaired) electrons. The third-order valence-corrected chi connectivity index (χ3v) is 12.9. The van der Waals surface area contributed by atoms with Crippen LogP contribution in [-0.4, -0.2) is 28.7 Å². The van der Waals surface area contributed by atoms with Gasteiger partial charge in [0, 0.05) is 118 Å².